The molecule has 7 nitrogen and oxygen atoms in total. The first-order valence-electron chi connectivity index (χ1n) is 10.6. The van der Waals surface area contributed by atoms with E-state index in [1.54, 1.807) is 4.90 Å². The topological polar surface area (TPSA) is 95.7 Å². The molecule has 1 heterocycles. The zero-order valence-corrected chi connectivity index (χ0v) is 17.7. The number of rotatable bonds is 10. The Labute approximate surface area is 173 Å². The summed E-state index contributed by atoms with van der Waals surface area (Å²) in [7, 11) is 0. The minimum absolute atomic E-state index is 0.0593. The monoisotopic (exact) mass is 402 g/mol. The van der Waals surface area contributed by atoms with Gasteiger partial charge in [-0.25, -0.2) is 0 Å². The summed E-state index contributed by atoms with van der Waals surface area (Å²) in [5.74, 6) is -0.253. The Morgan fingerprint density at radius 3 is 2.45 bits per heavy atom. The Morgan fingerprint density at radius 1 is 1.14 bits per heavy atom. The van der Waals surface area contributed by atoms with Crippen molar-refractivity contribution in [1.82, 2.24) is 9.80 Å². The Balaban J connectivity index is 1.75. The number of piperidine rings is 1. The predicted molar refractivity (Wildman–Crippen MR) is 114 cm³/mol. The maximum absolute atomic E-state index is 12.1. The number of amides is 3. The summed E-state index contributed by atoms with van der Waals surface area (Å²) in [5.41, 5.74) is 7.33. The summed E-state index contributed by atoms with van der Waals surface area (Å²) < 4.78 is 0. The van der Waals surface area contributed by atoms with Crippen molar-refractivity contribution in [2.75, 3.05) is 31.5 Å². The van der Waals surface area contributed by atoms with Crippen molar-refractivity contribution in [3.05, 3.63) is 29.8 Å². The van der Waals surface area contributed by atoms with Crippen molar-refractivity contribution in [1.29, 1.82) is 0 Å². The first kappa shape index (κ1) is 22.9. The smallest absolute Gasteiger partial charge is 0.224 e. The van der Waals surface area contributed by atoms with Crippen LogP contribution in [0.4, 0.5) is 5.69 Å². The number of likely N-dealkylation sites (tertiary alicyclic amines) is 1. The van der Waals surface area contributed by atoms with Crippen molar-refractivity contribution in [3.8, 4) is 0 Å². The molecule has 0 radical (unpaired) electrons. The van der Waals surface area contributed by atoms with Gasteiger partial charge in [0.05, 0.1) is 5.92 Å². The van der Waals surface area contributed by atoms with Crippen LogP contribution in [0.5, 0.6) is 0 Å². The van der Waals surface area contributed by atoms with Crippen LogP contribution in [-0.4, -0.2) is 53.7 Å². The number of nitrogens with one attached hydrogen (secondary N) is 1. The van der Waals surface area contributed by atoms with E-state index in [9.17, 15) is 14.4 Å². The van der Waals surface area contributed by atoms with Crippen molar-refractivity contribution < 1.29 is 14.4 Å². The Bertz CT molecular complexity index is 686. The molecule has 0 aromatic heterocycles. The number of primary amides is 1. The first-order chi connectivity index (χ1) is 13.9. The molecular formula is C22H34N4O3. The van der Waals surface area contributed by atoms with Gasteiger partial charge in [-0.3, -0.25) is 19.3 Å². The molecule has 1 aliphatic heterocycles. The van der Waals surface area contributed by atoms with E-state index in [1.807, 2.05) is 38.1 Å². The molecule has 160 valence electrons. The predicted octanol–water partition coefficient (Wildman–Crippen LogP) is 2.36. The highest BCUT2D eigenvalue weighted by Crippen LogP contribution is 2.19. The highest BCUT2D eigenvalue weighted by Gasteiger charge is 2.23. The van der Waals surface area contributed by atoms with Crippen LogP contribution in [-0.2, 0) is 20.9 Å². The molecule has 1 fully saturated rings. The van der Waals surface area contributed by atoms with E-state index in [-0.39, 0.29) is 23.6 Å². The fourth-order valence-electron chi connectivity index (χ4n) is 3.74. The van der Waals surface area contributed by atoms with Gasteiger partial charge in [0.1, 0.15) is 0 Å². The van der Waals surface area contributed by atoms with E-state index in [4.69, 9.17) is 5.73 Å². The van der Waals surface area contributed by atoms with Gasteiger partial charge in [-0.05, 0) is 57.4 Å². The van der Waals surface area contributed by atoms with Crippen molar-refractivity contribution in [3.63, 3.8) is 0 Å². The molecule has 3 amide bonds. The van der Waals surface area contributed by atoms with Crippen LogP contribution in [0.15, 0.2) is 24.3 Å². The maximum atomic E-state index is 12.1. The third-order valence-corrected chi connectivity index (χ3v) is 5.46. The highest BCUT2D eigenvalue weighted by molar-refractivity contribution is 5.91. The number of benzene rings is 1. The molecule has 0 bridgehead atoms. The van der Waals surface area contributed by atoms with Crippen LogP contribution >= 0.6 is 0 Å². The zero-order valence-electron chi connectivity index (χ0n) is 17.7. The summed E-state index contributed by atoms with van der Waals surface area (Å²) in [6.45, 7) is 7.77. The molecule has 1 atom stereocenters. The number of hydrogen-bond acceptors (Lipinski definition) is 4. The molecule has 1 unspecified atom stereocenters. The maximum Gasteiger partial charge on any atom is 0.224 e. The molecule has 1 saturated heterocycles. The lowest BCUT2D eigenvalue weighted by Crippen LogP contribution is -2.40. The number of carbonyl (C=O) groups is 3. The van der Waals surface area contributed by atoms with Gasteiger partial charge in [0.25, 0.3) is 0 Å². The summed E-state index contributed by atoms with van der Waals surface area (Å²) >= 11 is 0. The first-order valence-corrected chi connectivity index (χ1v) is 10.6. The summed E-state index contributed by atoms with van der Waals surface area (Å²) in [4.78, 5) is 39.5. The van der Waals surface area contributed by atoms with Crippen molar-refractivity contribution in [2.45, 2.75) is 52.5 Å². The number of hydrogen-bond donors (Lipinski definition) is 2. The zero-order chi connectivity index (χ0) is 21.2. The van der Waals surface area contributed by atoms with E-state index in [2.05, 4.69) is 10.2 Å². The molecule has 2 rings (SSSR count). The van der Waals surface area contributed by atoms with Gasteiger partial charge in [-0.1, -0.05) is 12.1 Å². The van der Waals surface area contributed by atoms with Crippen LogP contribution in [0.2, 0.25) is 0 Å². The lowest BCUT2D eigenvalue weighted by atomic mass is 9.97. The third-order valence-electron chi connectivity index (χ3n) is 5.46. The Hall–Kier alpha value is -2.41. The van der Waals surface area contributed by atoms with Crippen LogP contribution in [0.1, 0.15) is 51.5 Å². The Kier molecular flexibility index (Phi) is 9.12. The second-order valence-corrected chi connectivity index (χ2v) is 7.64. The van der Waals surface area contributed by atoms with Gasteiger partial charge < -0.3 is 16.0 Å². The molecule has 0 spiro atoms. The van der Waals surface area contributed by atoms with Gasteiger partial charge >= 0.3 is 0 Å². The van der Waals surface area contributed by atoms with Crippen molar-refractivity contribution in [2.24, 2.45) is 11.7 Å². The number of carbonyl (C=O) groups excluding carboxylic acids is 3. The summed E-state index contributed by atoms with van der Waals surface area (Å²) in [5, 5.41) is 2.89. The van der Waals surface area contributed by atoms with Crippen LogP contribution in [0.3, 0.4) is 0 Å². The molecule has 3 N–H and O–H groups in total. The van der Waals surface area contributed by atoms with Gasteiger partial charge in [0.2, 0.25) is 17.7 Å². The second-order valence-electron chi connectivity index (χ2n) is 7.64. The fourth-order valence-corrected chi connectivity index (χ4v) is 3.74. The highest BCUT2D eigenvalue weighted by atomic mass is 16.2. The number of nitrogens with two attached hydrogens (primary N) is 1. The minimum atomic E-state index is -0.216. The van der Waals surface area contributed by atoms with Gasteiger partial charge in [0, 0.05) is 44.7 Å². The van der Waals surface area contributed by atoms with E-state index < -0.39 is 0 Å². The summed E-state index contributed by atoms with van der Waals surface area (Å²) in [6.07, 6.45) is 3.14. The van der Waals surface area contributed by atoms with Crippen molar-refractivity contribution >= 4 is 23.4 Å². The van der Waals surface area contributed by atoms with E-state index in [1.165, 1.54) is 0 Å². The molecule has 1 aromatic carbocycles. The lowest BCUT2D eigenvalue weighted by molar-refractivity contribution is -0.131. The molecule has 1 aromatic rings. The molecule has 29 heavy (non-hydrogen) atoms. The van der Waals surface area contributed by atoms with Crippen LogP contribution in [0, 0.1) is 5.92 Å². The van der Waals surface area contributed by atoms with Gasteiger partial charge in [0.15, 0.2) is 0 Å². The van der Waals surface area contributed by atoms with Crippen LogP contribution in [0.25, 0.3) is 0 Å². The number of nitrogens with zero attached hydrogens (tertiary/aromatic N) is 2. The molecular weight excluding hydrogens is 368 g/mol. The quantitative estimate of drug-likeness (QED) is 0.628. The van der Waals surface area contributed by atoms with E-state index in [0.29, 0.717) is 38.9 Å². The average Bonchev–Trinajstić information content (AvgIpc) is 2.70. The standard InChI is InChI=1S/C22H34N4O3/c1-3-26(4-2)21(28)9-5-8-20(27)24-19-12-10-17(11-13-19)15-25-14-6-7-18(16-25)22(23)29/h10-13,18H,3-9,14-16H2,1-2H3,(H2,23,29)(H,24,27). The van der Waals surface area contributed by atoms with E-state index >= 15 is 0 Å². The fraction of sp³-hybridized carbons (Fsp3) is 0.591. The van der Waals surface area contributed by atoms with E-state index in [0.717, 1.165) is 37.2 Å². The lowest BCUT2D eigenvalue weighted by Gasteiger charge is -2.31. The molecule has 0 saturated carbocycles. The molecule has 0 aliphatic carbocycles. The molecule has 1 aliphatic rings. The minimum Gasteiger partial charge on any atom is -0.369 e. The normalized spacial score (nSPS) is 17.0. The molecule has 7 heteroatoms. The third kappa shape index (κ3) is 7.49. The SMILES string of the molecule is CCN(CC)C(=O)CCCC(=O)Nc1ccc(CN2CCCC(C(N)=O)C2)cc1. The average molecular weight is 403 g/mol. The van der Waals surface area contributed by atoms with Gasteiger partial charge in [-0.2, -0.15) is 0 Å². The summed E-state index contributed by atoms with van der Waals surface area (Å²) in [6, 6.07) is 7.77. The Morgan fingerprint density at radius 2 is 1.83 bits per heavy atom. The second kappa shape index (κ2) is 11.6. The number of anilines is 1. The van der Waals surface area contributed by atoms with Crippen LogP contribution < -0.4 is 11.1 Å². The van der Waals surface area contributed by atoms with Gasteiger partial charge in [-0.15, -0.1) is 0 Å². The largest absolute Gasteiger partial charge is 0.369 e.